The van der Waals surface area contributed by atoms with Gasteiger partial charge in [0.1, 0.15) is 0 Å². The Morgan fingerprint density at radius 2 is 2.00 bits per heavy atom. The number of carbonyl (C=O) groups is 1. The molecule has 0 atom stereocenters. The van der Waals surface area contributed by atoms with E-state index in [-0.39, 0.29) is 23.8 Å². The first-order valence-corrected chi connectivity index (χ1v) is 7.33. The molecule has 0 spiro atoms. The lowest BCUT2D eigenvalue weighted by molar-refractivity contribution is -0.120. The van der Waals surface area contributed by atoms with Crippen molar-refractivity contribution in [1.82, 2.24) is 15.1 Å². The number of guanidine groups is 1. The first-order chi connectivity index (χ1) is 11.0. The van der Waals surface area contributed by atoms with Crippen LogP contribution in [0, 0.1) is 0 Å². The van der Waals surface area contributed by atoms with Crippen LogP contribution in [-0.4, -0.2) is 34.7 Å². The van der Waals surface area contributed by atoms with Gasteiger partial charge in [0.25, 0.3) is 5.56 Å². The van der Waals surface area contributed by atoms with Crippen LogP contribution in [0.5, 0.6) is 0 Å². The molecule has 0 unspecified atom stereocenters. The van der Waals surface area contributed by atoms with Crippen LogP contribution in [-0.2, 0) is 17.8 Å². The van der Waals surface area contributed by atoms with E-state index in [2.05, 4.69) is 15.4 Å². The highest BCUT2D eigenvalue weighted by molar-refractivity contribution is 5.88. The van der Waals surface area contributed by atoms with Crippen molar-refractivity contribution < 1.29 is 4.79 Å². The molecule has 0 bridgehead atoms. The topological polar surface area (TPSA) is 128 Å². The molecular weight excluding hydrogens is 296 g/mol. The predicted molar refractivity (Wildman–Crippen MR) is 89.1 cm³/mol. The summed E-state index contributed by atoms with van der Waals surface area (Å²) in [6.45, 7) is 2.93. The molecule has 0 aliphatic rings. The largest absolute Gasteiger partial charge is 0.370 e. The Kier molecular flexibility index (Phi) is 5.29. The minimum atomic E-state index is -0.199. The first-order valence-electron chi connectivity index (χ1n) is 7.33. The van der Waals surface area contributed by atoms with Crippen LogP contribution in [0.3, 0.4) is 0 Å². The number of aryl methyl sites for hydroxylation is 1. The minimum Gasteiger partial charge on any atom is -0.370 e. The van der Waals surface area contributed by atoms with E-state index in [9.17, 15) is 9.59 Å². The van der Waals surface area contributed by atoms with E-state index in [0.29, 0.717) is 36.1 Å². The number of carbonyl (C=O) groups excluding carboxylic acids is 1. The number of benzene rings is 1. The molecule has 23 heavy (non-hydrogen) atoms. The maximum Gasteiger partial charge on any atom is 0.274 e. The molecule has 0 saturated heterocycles. The van der Waals surface area contributed by atoms with Crippen molar-refractivity contribution in [2.24, 2.45) is 16.5 Å². The summed E-state index contributed by atoms with van der Waals surface area (Å²) in [6.07, 6.45) is 0.0859. The SMILES string of the molecule is CCn1nc(CC(=O)NCCN=C(N)N)c2ccccc2c1=O. The molecule has 8 nitrogen and oxygen atoms in total. The molecule has 122 valence electrons. The van der Waals surface area contributed by atoms with Crippen LogP contribution in [0.1, 0.15) is 12.6 Å². The molecule has 5 N–H and O–H groups in total. The van der Waals surface area contributed by atoms with E-state index in [4.69, 9.17) is 11.5 Å². The van der Waals surface area contributed by atoms with Gasteiger partial charge in [-0.1, -0.05) is 18.2 Å². The van der Waals surface area contributed by atoms with E-state index in [1.165, 1.54) is 4.68 Å². The zero-order chi connectivity index (χ0) is 16.8. The number of nitrogens with one attached hydrogen (secondary N) is 1. The van der Waals surface area contributed by atoms with Gasteiger partial charge in [0.05, 0.1) is 24.0 Å². The van der Waals surface area contributed by atoms with E-state index in [1.807, 2.05) is 13.0 Å². The van der Waals surface area contributed by atoms with Crippen LogP contribution in [0.2, 0.25) is 0 Å². The zero-order valence-corrected chi connectivity index (χ0v) is 13.0. The van der Waals surface area contributed by atoms with Gasteiger partial charge in [-0.3, -0.25) is 14.6 Å². The highest BCUT2D eigenvalue weighted by Crippen LogP contribution is 2.13. The van der Waals surface area contributed by atoms with Crippen molar-refractivity contribution in [3.63, 3.8) is 0 Å². The Labute approximate surface area is 133 Å². The fraction of sp³-hybridized carbons (Fsp3) is 0.333. The fourth-order valence-corrected chi connectivity index (χ4v) is 2.25. The van der Waals surface area contributed by atoms with E-state index in [0.717, 1.165) is 0 Å². The second-order valence-corrected chi connectivity index (χ2v) is 4.95. The average Bonchev–Trinajstić information content (AvgIpc) is 2.54. The summed E-state index contributed by atoms with van der Waals surface area (Å²) in [5, 5.41) is 8.27. The maximum atomic E-state index is 12.2. The normalized spacial score (nSPS) is 10.5. The van der Waals surface area contributed by atoms with Gasteiger partial charge in [0, 0.05) is 18.5 Å². The molecule has 1 aromatic carbocycles. The summed E-state index contributed by atoms with van der Waals surface area (Å²) in [5.41, 5.74) is 10.8. The maximum absolute atomic E-state index is 12.2. The Bertz CT molecular complexity index is 792. The van der Waals surface area contributed by atoms with Gasteiger partial charge in [-0.05, 0) is 13.0 Å². The third-order valence-corrected chi connectivity index (χ3v) is 3.30. The molecular formula is C15H20N6O2. The number of nitrogens with two attached hydrogens (primary N) is 2. The van der Waals surface area contributed by atoms with Crippen LogP contribution < -0.4 is 22.3 Å². The second-order valence-electron chi connectivity index (χ2n) is 4.95. The van der Waals surface area contributed by atoms with E-state index < -0.39 is 0 Å². The molecule has 0 aliphatic heterocycles. The van der Waals surface area contributed by atoms with Crippen LogP contribution in [0.25, 0.3) is 10.8 Å². The summed E-state index contributed by atoms with van der Waals surface area (Å²) in [5.74, 6) is -0.211. The van der Waals surface area contributed by atoms with E-state index >= 15 is 0 Å². The number of nitrogens with zero attached hydrogens (tertiary/aromatic N) is 3. The van der Waals surface area contributed by atoms with Crippen LogP contribution in [0.15, 0.2) is 34.1 Å². The minimum absolute atomic E-state index is 0.0121. The number of aromatic nitrogens is 2. The predicted octanol–water partition coefficient (Wildman–Crippen LogP) is -0.651. The van der Waals surface area contributed by atoms with Crippen LogP contribution in [0.4, 0.5) is 0 Å². The van der Waals surface area contributed by atoms with Gasteiger partial charge in [0.15, 0.2) is 5.96 Å². The summed E-state index contributed by atoms with van der Waals surface area (Å²) in [6, 6.07) is 7.15. The second kappa shape index (κ2) is 7.39. The van der Waals surface area contributed by atoms with Crippen molar-refractivity contribution in [1.29, 1.82) is 0 Å². The van der Waals surface area contributed by atoms with E-state index in [1.54, 1.807) is 18.2 Å². The van der Waals surface area contributed by atoms with Crippen molar-refractivity contribution in [3.05, 3.63) is 40.3 Å². The molecule has 0 fully saturated rings. The molecule has 0 radical (unpaired) electrons. The number of hydrogen-bond donors (Lipinski definition) is 3. The molecule has 0 saturated carbocycles. The summed E-state index contributed by atoms with van der Waals surface area (Å²) in [7, 11) is 0. The number of rotatable bonds is 6. The highest BCUT2D eigenvalue weighted by Gasteiger charge is 2.12. The number of hydrogen-bond acceptors (Lipinski definition) is 4. The van der Waals surface area contributed by atoms with Gasteiger partial charge in [-0.2, -0.15) is 5.10 Å². The van der Waals surface area contributed by atoms with Gasteiger partial charge in [-0.15, -0.1) is 0 Å². The van der Waals surface area contributed by atoms with Crippen molar-refractivity contribution in [2.75, 3.05) is 13.1 Å². The Morgan fingerprint density at radius 3 is 2.65 bits per heavy atom. The van der Waals surface area contributed by atoms with Gasteiger partial charge < -0.3 is 16.8 Å². The molecule has 1 amide bonds. The smallest absolute Gasteiger partial charge is 0.274 e. The Balaban J connectivity index is 2.19. The van der Waals surface area contributed by atoms with Crippen molar-refractivity contribution in [2.45, 2.75) is 19.9 Å². The Hall–Kier alpha value is -2.90. The third-order valence-electron chi connectivity index (χ3n) is 3.30. The lowest BCUT2D eigenvalue weighted by atomic mass is 10.1. The molecule has 1 aromatic heterocycles. The summed E-state index contributed by atoms with van der Waals surface area (Å²) < 4.78 is 1.37. The fourth-order valence-electron chi connectivity index (χ4n) is 2.25. The summed E-state index contributed by atoms with van der Waals surface area (Å²) >= 11 is 0. The van der Waals surface area contributed by atoms with Gasteiger partial charge >= 0.3 is 0 Å². The lowest BCUT2D eigenvalue weighted by Crippen LogP contribution is -2.31. The molecule has 0 aliphatic carbocycles. The van der Waals surface area contributed by atoms with Crippen LogP contribution >= 0.6 is 0 Å². The highest BCUT2D eigenvalue weighted by atomic mass is 16.1. The van der Waals surface area contributed by atoms with Crippen molar-refractivity contribution in [3.8, 4) is 0 Å². The van der Waals surface area contributed by atoms with Gasteiger partial charge in [-0.25, -0.2) is 4.68 Å². The molecule has 1 heterocycles. The molecule has 8 heteroatoms. The van der Waals surface area contributed by atoms with Gasteiger partial charge in [0.2, 0.25) is 5.91 Å². The number of aliphatic imine (C=N–C) groups is 1. The number of fused-ring (bicyclic) bond motifs is 1. The average molecular weight is 316 g/mol. The third kappa shape index (κ3) is 4.06. The molecule has 2 rings (SSSR count). The molecule has 2 aromatic rings. The van der Waals surface area contributed by atoms with Crippen molar-refractivity contribution >= 4 is 22.6 Å². The quantitative estimate of drug-likeness (QED) is 0.370. The lowest BCUT2D eigenvalue weighted by Gasteiger charge is -2.09. The Morgan fingerprint density at radius 1 is 1.30 bits per heavy atom. The zero-order valence-electron chi connectivity index (χ0n) is 13.0. The standard InChI is InChI=1S/C15H20N6O2/c1-2-21-14(23)11-6-4-3-5-10(11)12(20-21)9-13(22)18-7-8-19-15(16)17/h3-6H,2,7-9H2,1H3,(H,18,22)(H4,16,17,19). The summed E-state index contributed by atoms with van der Waals surface area (Å²) in [4.78, 5) is 28.1. The first kappa shape index (κ1) is 16.5. The monoisotopic (exact) mass is 316 g/mol. The number of amides is 1.